The van der Waals surface area contributed by atoms with Crippen molar-refractivity contribution < 1.29 is 14.3 Å². The Morgan fingerprint density at radius 3 is 2.39 bits per heavy atom. The molecular weight excluding hydrogens is 392 g/mol. The summed E-state index contributed by atoms with van der Waals surface area (Å²) in [5, 5.41) is 5.84. The molecule has 0 spiro atoms. The number of carbonyl (C=O) groups excluding carboxylic acids is 2. The van der Waals surface area contributed by atoms with E-state index in [0.29, 0.717) is 29.7 Å². The Labute approximate surface area is 176 Å². The molecule has 1 aliphatic heterocycles. The number of thioether (sulfide) groups is 2. The SMILES string of the molecule is CCNC(=O)C1(NC(=O)COc2ccc(C3SCCCS3)cc2)CCCCC1. The van der Waals surface area contributed by atoms with E-state index < -0.39 is 5.54 Å². The molecule has 0 radical (unpaired) electrons. The number of likely N-dealkylation sites (N-methyl/N-ethyl adjacent to an activating group) is 1. The minimum absolute atomic E-state index is 0.0742. The van der Waals surface area contributed by atoms with E-state index in [2.05, 4.69) is 22.8 Å². The molecule has 154 valence electrons. The Kier molecular flexibility index (Phi) is 7.97. The molecule has 2 amide bonds. The minimum atomic E-state index is -0.784. The van der Waals surface area contributed by atoms with E-state index in [1.165, 1.54) is 23.5 Å². The van der Waals surface area contributed by atoms with Crippen molar-refractivity contribution in [3.8, 4) is 5.75 Å². The van der Waals surface area contributed by atoms with E-state index in [1.807, 2.05) is 42.6 Å². The van der Waals surface area contributed by atoms with Gasteiger partial charge < -0.3 is 15.4 Å². The molecule has 0 atom stereocenters. The molecule has 28 heavy (non-hydrogen) atoms. The molecule has 1 aromatic rings. The highest BCUT2D eigenvalue weighted by molar-refractivity contribution is 8.16. The zero-order chi connectivity index (χ0) is 19.8. The van der Waals surface area contributed by atoms with E-state index in [-0.39, 0.29) is 18.4 Å². The van der Waals surface area contributed by atoms with Gasteiger partial charge in [-0.2, -0.15) is 0 Å². The molecule has 7 heteroatoms. The second-order valence-corrected chi connectivity index (χ2v) is 10.1. The van der Waals surface area contributed by atoms with Crippen LogP contribution in [-0.4, -0.2) is 42.0 Å². The number of rotatable bonds is 7. The first kappa shape index (κ1) is 21.4. The van der Waals surface area contributed by atoms with Crippen molar-refractivity contribution in [2.75, 3.05) is 24.7 Å². The average molecular weight is 423 g/mol. The van der Waals surface area contributed by atoms with Crippen molar-refractivity contribution in [2.45, 2.75) is 55.6 Å². The van der Waals surface area contributed by atoms with Gasteiger partial charge in [0.05, 0.1) is 4.58 Å². The fraction of sp³-hybridized carbons (Fsp3) is 0.619. The van der Waals surface area contributed by atoms with Crippen LogP contribution in [0.15, 0.2) is 24.3 Å². The standard InChI is InChI=1S/C21H30N2O3S2/c1-2-22-20(25)21(11-4-3-5-12-21)23-18(24)15-26-17-9-7-16(8-10-17)19-27-13-6-14-28-19/h7-10,19H,2-6,11-15H2,1H3,(H,22,25)(H,23,24). The minimum Gasteiger partial charge on any atom is -0.484 e. The van der Waals surface area contributed by atoms with Gasteiger partial charge in [-0.3, -0.25) is 9.59 Å². The van der Waals surface area contributed by atoms with Gasteiger partial charge in [0.25, 0.3) is 5.91 Å². The average Bonchev–Trinajstić information content (AvgIpc) is 2.74. The Hall–Kier alpha value is -1.34. The largest absolute Gasteiger partial charge is 0.484 e. The molecule has 0 unspecified atom stereocenters. The fourth-order valence-corrected chi connectivity index (χ4v) is 6.64. The molecule has 2 fully saturated rings. The van der Waals surface area contributed by atoms with Crippen molar-refractivity contribution >= 4 is 35.3 Å². The lowest BCUT2D eigenvalue weighted by molar-refractivity contribution is -0.135. The molecule has 3 rings (SSSR count). The van der Waals surface area contributed by atoms with Gasteiger partial charge >= 0.3 is 0 Å². The molecule has 5 nitrogen and oxygen atoms in total. The third-order valence-corrected chi connectivity index (χ3v) is 8.22. The van der Waals surface area contributed by atoms with Crippen molar-refractivity contribution in [1.82, 2.24) is 10.6 Å². The lowest BCUT2D eigenvalue weighted by Gasteiger charge is -2.36. The molecule has 1 saturated heterocycles. The van der Waals surface area contributed by atoms with Crippen LogP contribution in [0.5, 0.6) is 5.75 Å². The number of amides is 2. The van der Waals surface area contributed by atoms with Crippen LogP contribution < -0.4 is 15.4 Å². The first-order valence-corrected chi connectivity index (χ1v) is 12.3. The molecule has 1 heterocycles. The van der Waals surface area contributed by atoms with Crippen LogP contribution in [0.25, 0.3) is 0 Å². The summed E-state index contributed by atoms with van der Waals surface area (Å²) in [6, 6.07) is 8.03. The topological polar surface area (TPSA) is 67.4 Å². The molecule has 1 saturated carbocycles. The summed E-state index contributed by atoms with van der Waals surface area (Å²) in [7, 11) is 0. The number of benzene rings is 1. The number of carbonyl (C=O) groups is 2. The van der Waals surface area contributed by atoms with Crippen LogP contribution in [0.4, 0.5) is 0 Å². The molecule has 0 bridgehead atoms. The predicted octanol–water partition coefficient (Wildman–Crippen LogP) is 3.89. The summed E-state index contributed by atoms with van der Waals surface area (Å²) in [4.78, 5) is 25.0. The second kappa shape index (κ2) is 10.4. The first-order valence-electron chi connectivity index (χ1n) is 10.2. The summed E-state index contributed by atoms with van der Waals surface area (Å²) in [6.45, 7) is 2.39. The molecular formula is C21H30N2O3S2. The zero-order valence-corrected chi connectivity index (χ0v) is 18.1. The van der Waals surface area contributed by atoms with Crippen LogP contribution in [0.3, 0.4) is 0 Å². The van der Waals surface area contributed by atoms with Gasteiger partial charge in [0, 0.05) is 6.54 Å². The van der Waals surface area contributed by atoms with Gasteiger partial charge in [-0.25, -0.2) is 0 Å². The summed E-state index contributed by atoms with van der Waals surface area (Å²) in [5.41, 5.74) is 0.512. The third kappa shape index (κ3) is 5.60. The van der Waals surface area contributed by atoms with E-state index in [0.717, 1.165) is 19.3 Å². The first-order chi connectivity index (χ1) is 13.6. The van der Waals surface area contributed by atoms with Crippen LogP contribution >= 0.6 is 23.5 Å². The van der Waals surface area contributed by atoms with Gasteiger partial charge in [-0.1, -0.05) is 31.4 Å². The van der Waals surface area contributed by atoms with Crippen LogP contribution in [0, 0.1) is 0 Å². The van der Waals surface area contributed by atoms with Crippen molar-refractivity contribution in [1.29, 1.82) is 0 Å². The molecule has 2 aliphatic rings. The van der Waals surface area contributed by atoms with E-state index in [9.17, 15) is 9.59 Å². The summed E-state index contributed by atoms with van der Waals surface area (Å²) < 4.78 is 6.17. The van der Waals surface area contributed by atoms with E-state index in [4.69, 9.17) is 4.74 Å². The lowest BCUT2D eigenvalue weighted by atomic mass is 9.80. The monoisotopic (exact) mass is 422 g/mol. The predicted molar refractivity (Wildman–Crippen MR) is 117 cm³/mol. The highest BCUT2D eigenvalue weighted by Crippen LogP contribution is 2.43. The van der Waals surface area contributed by atoms with Crippen LogP contribution in [-0.2, 0) is 9.59 Å². The normalized spacial score (nSPS) is 19.6. The van der Waals surface area contributed by atoms with Crippen molar-refractivity contribution in [3.63, 3.8) is 0 Å². The molecule has 0 aromatic heterocycles. The Morgan fingerprint density at radius 2 is 1.75 bits per heavy atom. The van der Waals surface area contributed by atoms with Gasteiger partial charge in [0.15, 0.2) is 6.61 Å². The zero-order valence-electron chi connectivity index (χ0n) is 16.5. The number of hydrogen-bond acceptors (Lipinski definition) is 5. The smallest absolute Gasteiger partial charge is 0.258 e. The second-order valence-electron chi connectivity index (χ2n) is 7.34. The van der Waals surface area contributed by atoms with Gasteiger partial charge in [0.1, 0.15) is 11.3 Å². The Balaban J connectivity index is 1.53. The molecule has 2 N–H and O–H groups in total. The summed E-state index contributed by atoms with van der Waals surface area (Å²) >= 11 is 3.97. The molecule has 1 aromatic carbocycles. The number of ether oxygens (including phenoxy) is 1. The van der Waals surface area contributed by atoms with Crippen molar-refractivity contribution in [2.24, 2.45) is 0 Å². The van der Waals surface area contributed by atoms with Crippen LogP contribution in [0.1, 0.15) is 55.6 Å². The van der Waals surface area contributed by atoms with Gasteiger partial charge in [0.2, 0.25) is 5.91 Å². The summed E-state index contributed by atoms with van der Waals surface area (Å²) in [6.07, 6.45) is 5.68. The van der Waals surface area contributed by atoms with Gasteiger partial charge in [-0.05, 0) is 55.4 Å². The van der Waals surface area contributed by atoms with E-state index >= 15 is 0 Å². The number of nitrogens with one attached hydrogen (secondary N) is 2. The van der Waals surface area contributed by atoms with E-state index in [1.54, 1.807) is 0 Å². The van der Waals surface area contributed by atoms with Crippen molar-refractivity contribution in [3.05, 3.63) is 29.8 Å². The Bertz CT molecular complexity index is 654. The lowest BCUT2D eigenvalue weighted by Crippen LogP contribution is -2.60. The maximum absolute atomic E-state index is 12.5. The quantitative estimate of drug-likeness (QED) is 0.698. The maximum Gasteiger partial charge on any atom is 0.258 e. The fourth-order valence-electron chi connectivity index (χ4n) is 3.75. The maximum atomic E-state index is 12.5. The summed E-state index contributed by atoms with van der Waals surface area (Å²) in [5.74, 6) is 2.79. The molecule has 1 aliphatic carbocycles. The Morgan fingerprint density at radius 1 is 1.07 bits per heavy atom. The highest BCUT2D eigenvalue weighted by atomic mass is 32.2. The van der Waals surface area contributed by atoms with Crippen LogP contribution in [0.2, 0.25) is 0 Å². The highest BCUT2D eigenvalue weighted by Gasteiger charge is 2.40. The third-order valence-electron chi connectivity index (χ3n) is 5.21. The van der Waals surface area contributed by atoms with Gasteiger partial charge in [-0.15, -0.1) is 23.5 Å². The number of hydrogen-bond donors (Lipinski definition) is 2.